The van der Waals surface area contributed by atoms with Crippen molar-refractivity contribution in [1.82, 2.24) is 0 Å². The SMILES string of the molecule is Cc1cccc(C(=O)C(C)(C)Br)c1Br. The number of ketones is 1. The lowest BCUT2D eigenvalue weighted by Gasteiger charge is -2.16. The summed E-state index contributed by atoms with van der Waals surface area (Å²) in [5.41, 5.74) is 1.81. The summed E-state index contributed by atoms with van der Waals surface area (Å²) in [6, 6.07) is 5.70. The summed E-state index contributed by atoms with van der Waals surface area (Å²) in [5, 5.41) is 0. The molecule has 0 aliphatic heterocycles. The molecule has 0 aromatic heterocycles. The van der Waals surface area contributed by atoms with Gasteiger partial charge in [-0.15, -0.1) is 0 Å². The van der Waals surface area contributed by atoms with Crippen LogP contribution in [0.2, 0.25) is 0 Å². The minimum atomic E-state index is -0.511. The van der Waals surface area contributed by atoms with Crippen LogP contribution in [-0.4, -0.2) is 10.1 Å². The first-order valence-corrected chi connectivity index (χ1v) is 5.91. The van der Waals surface area contributed by atoms with Gasteiger partial charge in [0.25, 0.3) is 0 Å². The van der Waals surface area contributed by atoms with Gasteiger partial charge in [-0.25, -0.2) is 0 Å². The van der Waals surface area contributed by atoms with Gasteiger partial charge in [-0.3, -0.25) is 4.79 Å². The maximum absolute atomic E-state index is 12.0. The van der Waals surface area contributed by atoms with Crippen LogP contribution >= 0.6 is 31.9 Å². The Hall–Kier alpha value is -0.150. The molecule has 1 rings (SSSR count). The number of benzene rings is 1. The van der Waals surface area contributed by atoms with Crippen LogP contribution in [0.25, 0.3) is 0 Å². The highest BCUT2D eigenvalue weighted by molar-refractivity contribution is 9.10. The molecule has 1 aromatic rings. The second-order valence-electron chi connectivity index (χ2n) is 3.74. The molecule has 0 bridgehead atoms. The minimum absolute atomic E-state index is 0.0908. The number of carbonyl (C=O) groups excluding carboxylic acids is 1. The summed E-state index contributed by atoms with van der Waals surface area (Å²) >= 11 is 6.80. The van der Waals surface area contributed by atoms with Crippen LogP contribution in [0.4, 0.5) is 0 Å². The van der Waals surface area contributed by atoms with E-state index in [1.165, 1.54) is 0 Å². The number of Topliss-reactive ketones (excluding diaryl/α,β-unsaturated/α-hetero) is 1. The number of carbonyl (C=O) groups is 1. The number of halogens is 2. The molecule has 0 radical (unpaired) electrons. The van der Waals surface area contributed by atoms with E-state index in [-0.39, 0.29) is 5.78 Å². The van der Waals surface area contributed by atoms with Crippen molar-refractivity contribution < 1.29 is 4.79 Å². The Bertz CT molecular complexity index is 364. The Morgan fingerprint density at radius 1 is 1.36 bits per heavy atom. The Kier molecular flexibility index (Phi) is 3.53. The van der Waals surface area contributed by atoms with Crippen molar-refractivity contribution in [2.75, 3.05) is 0 Å². The van der Waals surface area contributed by atoms with Gasteiger partial charge in [-0.05, 0) is 42.3 Å². The van der Waals surface area contributed by atoms with E-state index in [0.29, 0.717) is 0 Å². The zero-order valence-corrected chi connectivity index (χ0v) is 11.6. The van der Waals surface area contributed by atoms with Gasteiger partial charge in [0.05, 0.1) is 4.32 Å². The highest BCUT2D eigenvalue weighted by atomic mass is 79.9. The molecule has 0 fully saturated rings. The van der Waals surface area contributed by atoms with Crippen molar-refractivity contribution in [3.63, 3.8) is 0 Å². The van der Waals surface area contributed by atoms with Crippen molar-refractivity contribution in [3.05, 3.63) is 33.8 Å². The van der Waals surface area contributed by atoms with E-state index in [1.54, 1.807) is 0 Å². The van der Waals surface area contributed by atoms with E-state index < -0.39 is 4.32 Å². The first-order chi connectivity index (χ1) is 6.34. The third kappa shape index (κ3) is 2.45. The smallest absolute Gasteiger partial charge is 0.180 e. The average molecular weight is 320 g/mol. The highest BCUT2D eigenvalue weighted by Crippen LogP contribution is 2.28. The van der Waals surface area contributed by atoms with Crippen molar-refractivity contribution >= 4 is 37.6 Å². The van der Waals surface area contributed by atoms with E-state index in [9.17, 15) is 4.79 Å². The van der Waals surface area contributed by atoms with Crippen molar-refractivity contribution in [2.45, 2.75) is 25.1 Å². The molecule has 1 aromatic carbocycles. The van der Waals surface area contributed by atoms with Gasteiger partial charge in [0.1, 0.15) is 0 Å². The Morgan fingerprint density at radius 3 is 2.43 bits per heavy atom. The number of alkyl halides is 1. The molecular formula is C11H12Br2O. The molecule has 76 valence electrons. The van der Waals surface area contributed by atoms with Crippen molar-refractivity contribution in [1.29, 1.82) is 0 Å². The summed E-state index contributed by atoms with van der Waals surface area (Å²) < 4.78 is 0.376. The molecule has 0 spiro atoms. The molecule has 0 unspecified atom stereocenters. The Morgan fingerprint density at radius 2 is 1.93 bits per heavy atom. The monoisotopic (exact) mass is 318 g/mol. The zero-order valence-electron chi connectivity index (χ0n) is 8.40. The second-order valence-corrected chi connectivity index (χ2v) is 6.51. The van der Waals surface area contributed by atoms with Crippen LogP contribution in [-0.2, 0) is 0 Å². The lowest BCUT2D eigenvalue weighted by Crippen LogP contribution is -2.24. The van der Waals surface area contributed by atoms with E-state index in [4.69, 9.17) is 0 Å². The van der Waals surface area contributed by atoms with Crippen LogP contribution in [0, 0.1) is 6.92 Å². The largest absolute Gasteiger partial charge is 0.293 e. The van der Waals surface area contributed by atoms with Gasteiger partial charge < -0.3 is 0 Å². The molecular weight excluding hydrogens is 308 g/mol. The van der Waals surface area contributed by atoms with E-state index in [0.717, 1.165) is 15.6 Å². The number of rotatable bonds is 2. The van der Waals surface area contributed by atoms with Gasteiger partial charge >= 0.3 is 0 Å². The summed E-state index contributed by atoms with van der Waals surface area (Å²) in [5.74, 6) is 0.0908. The van der Waals surface area contributed by atoms with Gasteiger partial charge in [0, 0.05) is 10.0 Å². The second kappa shape index (κ2) is 4.15. The standard InChI is InChI=1S/C11H12Br2O/c1-7-5-4-6-8(9(7)12)10(14)11(2,3)13/h4-6H,1-3H3. The fraction of sp³-hybridized carbons (Fsp3) is 0.364. The maximum atomic E-state index is 12.0. The van der Waals surface area contributed by atoms with Crippen LogP contribution < -0.4 is 0 Å². The molecule has 0 atom stereocenters. The lowest BCUT2D eigenvalue weighted by atomic mass is 9.99. The molecule has 0 aliphatic rings. The number of hydrogen-bond acceptors (Lipinski definition) is 1. The van der Waals surface area contributed by atoms with Crippen LogP contribution in [0.15, 0.2) is 22.7 Å². The van der Waals surface area contributed by atoms with Gasteiger partial charge in [0.15, 0.2) is 5.78 Å². The summed E-state index contributed by atoms with van der Waals surface area (Å²) in [6.07, 6.45) is 0. The van der Waals surface area contributed by atoms with Gasteiger partial charge in [-0.1, -0.05) is 34.1 Å². The topological polar surface area (TPSA) is 17.1 Å². The average Bonchev–Trinajstić information content (AvgIpc) is 2.07. The minimum Gasteiger partial charge on any atom is -0.293 e. The Balaban J connectivity index is 3.21. The van der Waals surface area contributed by atoms with E-state index >= 15 is 0 Å². The number of hydrogen-bond donors (Lipinski definition) is 0. The molecule has 0 heterocycles. The van der Waals surface area contributed by atoms with Crippen LogP contribution in [0.3, 0.4) is 0 Å². The van der Waals surface area contributed by atoms with E-state index in [2.05, 4.69) is 31.9 Å². The molecule has 0 N–H and O–H groups in total. The zero-order chi connectivity index (χ0) is 10.9. The molecule has 1 nitrogen and oxygen atoms in total. The molecule has 3 heteroatoms. The number of aryl methyl sites for hydroxylation is 1. The lowest BCUT2D eigenvalue weighted by molar-refractivity contribution is 0.0960. The highest BCUT2D eigenvalue weighted by Gasteiger charge is 2.26. The Labute approximate surface area is 101 Å². The van der Waals surface area contributed by atoms with Crippen LogP contribution in [0.5, 0.6) is 0 Å². The summed E-state index contributed by atoms with van der Waals surface area (Å²) in [4.78, 5) is 12.0. The fourth-order valence-electron chi connectivity index (χ4n) is 1.14. The first-order valence-electron chi connectivity index (χ1n) is 4.33. The third-order valence-electron chi connectivity index (χ3n) is 1.98. The van der Waals surface area contributed by atoms with E-state index in [1.807, 2.05) is 39.0 Å². The molecule has 0 amide bonds. The quantitative estimate of drug-likeness (QED) is 0.592. The first kappa shape index (κ1) is 11.9. The van der Waals surface area contributed by atoms with Crippen LogP contribution in [0.1, 0.15) is 29.8 Å². The maximum Gasteiger partial charge on any atom is 0.180 e. The van der Waals surface area contributed by atoms with Gasteiger partial charge in [-0.2, -0.15) is 0 Å². The van der Waals surface area contributed by atoms with Crippen molar-refractivity contribution in [2.24, 2.45) is 0 Å². The predicted molar refractivity (Wildman–Crippen MR) is 66.2 cm³/mol. The molecule has 0 saturated carbocycles. The summed E-state index contributed by atoms with van der Waals surface area (Å²) in [6.45, 7) is 5.68. The third-order valence-corrected chi connectivity index (χ3v) is 3.39. The molecule has 14 heavy (non-hydrogen) atoms. The van der Waals surface area contributed by atoms with Crippen molar-refractivity contribution in [3.8, 4) is 0 Å². The fourth-order valence-corrected chi connectivity index (χ4v) is 1.80. The normalized spacial score (nSPS) is 11.5. The van der Waals surface area contributed by atoms with Gasteiger partial charge in [0.2, 0.25) is 0 Å². The molecule has 0 aliphatic carbocycles. The molecule has 0 saturated heterocycles. The predicted octanol–water partition coefficient (Wildman–Crippen LogP) is 4.11. The summed E-state index contributed by atoms with van der Waals surface area (Å²) in [7, 11) is 0.